The van der Waals surface area contributed by atoms with Crippen molar-refractivity contribution in [2.24, 2.45) is 0 Å². The van der Waals surface area contributed by atoms with Crippen LogP contribution >= 0.6 is 34.4 Å². The number of hydrogen-bond donors (Lipinski definition) is 2. The second-order valence-corrected chi connectivity index (χ2v) is 7.95. The molecule has 0 spiro atoms. The summed E-state index contributed by atoms with van der Waals surface area (Å²) >= 11 is 4.65. The van der Waals surface area contributed by atoms with E-state index in [0.29, 0.717) is 17.9 Å². The number of aliphatic carboxylic acids is 1. The molecule has 5 nitrogen and oxygen atoms in total. The van der Waals surface area contributed by atoms with Gasteiger partial charge in [0, 0.05) is 11.1 Å². The molecule has 1 aliphatic heterocycles. The first kappa shape index (κ1) is 15.5. The third-order valence-electron chi connectivity index (χ3n) is 3.44. The molecule has 1 saturated heterocycles. The van der Waals surface area contributed by atoms with E-state index in [2.05, 4.69) is 10.3 Å². The largest absolute Gasteiger partial charge is 0.479 e. The van der Waals surface area contributed by atoms with Gasteiger partial charge in [-0.3, -0.25) is 4.79 Å². The van der Waals surface area contributed by atoms with E-state index >= 15 is 0 Å². The van der Waals surface area contributed by atoms with Gasteiger partial charge < -0.3 is 10.4 Å². The molecule has 1 fully saturated rings. The number of carbonyl (C=O) groups excluding carboxylic acids is 1. The van der Waals surface area contributed by atoms with E-state index in [1.54, 1.807) is 23.1 Å². The van der Waals surface area contributed by atoms with Crippen LogP contribution in [-0.2, 0) is 16.0 Å². The highest BCUT2D eigenvalue weighted by atomic mass is 32.2. The smallest absolute Gasteiger partial charge is 0.330 e. The summed E-state index contributed by atoms with van der Waals surface area (Å²) < 4.78 is 0. The highest BCUT2D eigenvalue weighted by Crippen LogP contribution is 2.29. The Balaban J connectivity index is 1.66. The average Bonchev–Trinajstić information content (AvgIpc) is 3.19. The third-order valence-corrected chi connectivity index (χ3v) is 6.56. The molecule has 2 aromatic heterocycles. The zero-order valence-corrected chi connectivity index (χ0v) is 14.0. The van der Waals surface area contributed by atoms with Gasteiger partial charge in [-0.2, -0.15) is 11.8 Å². The molecule has 8 heteroatoms. The van der Waals surface area contributed by atoms with Gasteiger partial charge in [-0.15, -0.1) is 22.7 Å². The SMILES string of the molecule is O=C(Cc1csc(-c2cccs2)n1)NC1(C(=O)O)CCSC1. The van der Waals surface area contributed by atoms with Crippen molar-refractivity contribution in [3.63, 3.8) is 0 Å². The minimum Gasteiger partial charge on any atom is -0.479 e. The molecule has 0 radical (unpaired) electrons. The molecule has 1 amide bonds. The Kier molecular flexibility index (Phi) is 4.51. The fourth-order valence-electron chi connectivity index (χ4n) is 2.26. The van der Waals surface area contributed by atoms with Gasteiger partial charge in [0.2, 0.25) is 5.91 Å². The minimum atomic E-state index is -1.12. The number of carboxylic acid groups (broad SMARTS) is 1. The highest BCUT2D eigenvalue weighted by Gasteiger charge is 2.43. The van der Waals surface area contributed by atoms with Crippen LogP contribution in [0, 0.1) is 0 Å². The van der Waals surface area contributed by atoms with Crippen molar-refractivity contribution < 1.29 is 14.7 Å². The number of hydrogen-bond acceptors (Lipinski definition) is 6. The molecule has 116 valence electrons. The van der Waals surface area contributed by atoms with E-state index < -0.39 is 11.5 Å². The first-order valence-electron chi connectivity index (χ1n) is 6.69. The van der Waals surface area contributed by atoms with Crippen LogP contribution in [0.3, 0.4) is 0 Å². The summed E-state index contributed by atoms with van der Waals surface area (Å²) in [6, 6.07) is 3.95. The molecule has 1 aliphatic rings. The van der Waals surface area contributed by atoms with Crippen LogP contribution in [0.25, 0.3) is 9.88 Å². The molecule has 0 aromatic carbocycles. The van der Waals surface area contributed by atoms with Gasteiger partial charge in [0.05, 0.1) is 17.0 Å². The number of carbonyl (C=O) groups is 2. The maximum Gasteiger partial charge on any atom is 0.330 e. The van der Waals surface area contributed by atoms with E-state index in [-0.39, 0.29) is 12.3 Å². The second kappa shape index (κ2) is 6.39. The van der Waals surface area contributed by atoms with E-state index in [0.717, 1.165) is 15.6 Å². The number of amides is 1. The Labute approximate surface area is 139 Å². The Bertz CT molecular complexity index is 675. The number of aromatic nitrogens is 1. The molecule has 22 heavy (non-hydrogen) atoms. The fraction of sp³-hybridized carbons (Fsp3) is 0.357. The number of rotatable bonds is 5. The van der Waals surface area contributed by atoms with Crippen molar-refractivity contribution in [3.8, 4) is 9.88 Å². The Hall–Kier alpha value is -1.38. The maximum absolute atomic E-state index is 12.2. The lowest BCUT2D eigenvalue weighted by Gasteiger charge is -2.24. The molecule has 2 aromatic rings. The van der Waals surface area contributed by atoms with Crippen molar-refractivity contribution in [2.45, 2.75) is 18.4 Å². The molecule has 1 unspecified atom stereocenters. The van der Waals surface area contributed by atoms with Crippen LogP contribution in [0.2, 0.25) is 0 Å². The number of carboxylic acids is 1. The molecule has 0 saturated carbocycles. The van der Waals surface area contributed by atoms with Gasteiger partial charge in [0.15, 0.2) is 0 Å². The predicted molar refractivity (Wildman–Crippen MR) is 89.6 cm³/mol. The number of thiophene rings is 1. The zero-order valence-electron chi connectivity index (χ0n) is 11.6. The molecule has 0 bridgehead atoms. The number of nitrogens with one attached hydrogen (secondary N) is 1. The van der Waals surface area contributed by atoms with Crippen molar-refractivity contribution in [1.29, 1.82) is 0 Å². The van der Waals surface area contributed by atoms with Crippen LogP contribution in [0.5, 0.6) is 0 Å². The van der Waals surface area contributed by atoms with Crippen molar-refractivity contribution >= 4 is 46.3 Å². The zero-order chi connectivity index (χ0) is 15.6. The first-order chi connectivity index (χ1) is 10.6. The Morgan fingerprint density at radius 2 is 2.27 bits per heavy atom. The van der Waals surface area contributed by atoms with Crippen LogP contribution < -0.4 is 5.32 Å². The van der Waals surface area contributed by atoms with Crippen molar-refractivity contribution in [3.05, 3.63) is 28.6 Å². The lowest BCUT2D eigenvalue weighted by molar-refractivity contribution is -0.146. The Morgan fingerprint density at radius 3 is 2.91 bits per heavy atom. The highest BCUT2D eigenvalue weighted by molar-refractivity contribution is 7.99. The number of thioether (sulfide) groups is 1. The molecular weight excluding hydrogens is 340 g/mol. The summed E-state index contributed by atoms with van der Waals surface area (Å²) in [5, 5.41) is 16.8. The lowest BCUT2D eigenvalue weighted by Crippen LogP contribution is -2.55. The van der Waals surface area contributed by atoms with Crippen LogP contribution in [0.15, 0.2) is 22.9 Å². The minimum absolute atomic E-state index is 0.113. The summed E-state index contributed by atoms with van der Waals surface area (Å²) in [7, 11) is 0. The summed E-state index contributed by atoms with van der Waals surface area (Å²) in [6.07, 6.45) is 0.581. The van der Waals surface area contributed by atoms with Crippen LogP contribution in [-0.4, -0.2) is 39.0 Å². The van der Waals surface area contributed by atoms with E-state index in [1.165, 1.54) is 11.3 Å². The quantitative estimate of drug-likeness (QED) is 0.862. The van der Waals surface area contributed by atoms with Gasteiger partial charge in [-0.25, -0.2) is 9.78 Å². The number of thiazole rings is 1. The molecule has 2 N–H and O–H groups in total. The molecular formula is C14H14N2O3S3. The molecule has 3 rings (SSSR count). The second-order valence-electron chi connectivity index (χ2n) is 5.04. The molecule has 0 aliphatic carbocycles. The third kappa shape index (κ3) is 3.18. The topological polar surface area (TPSA) is 79.3 Å². The monoisotopic (exact) mass is 354 g/mol. The summed E-state index contributed by atoms with van der Waals surface area (Å²) in [4.78, 5) is 29.1. The van der Waals surface area contributed by atoms with Crippen LogP contribution in [0.1, 0.15) is 12.1 Å². The van der Waals surface area contributed by atoms with Crippen molar-refractivity contribution in [2.75, 3.05) is 11.5 Å². The maximum atomic E-state index is 12.2. The number of nitrogens with zero attached hydrogens (tertiary/aromatic N) is 1. The summed E-state index contributed by atoms with van der Waals surface area (Å²) in [6.45, 7) is 0. The fourth-order valence-corrected chi connectivity index (χ4v) is 5.22. The molecule has 3 heterocycles. The summed E-state index contributed by atoms with van der Waals surface area (Å²) in [5.41, 5.74) is -0.439. The van der Waals surface area contributed by atoms with E-state index in [4.69, 9.17) is 0 Å². The van der Waals surface area contributed by atoms with Crippen molar-refractivity contribution in [1.82, 2.24) is 10.3 Å². The van der Waals surface area contributed by atoms with Gasteiger partial charge in [0.1, 0.15) is 10.5 Å². The van der Waals surface area contributed by atoms with Gasteiger partial charge in [-0.1, -0.05) is 6.07 Å². The normalized spacial score (nSPS) is 20.9. The van der Waals surface area contributed by atoms with Gasteiger partial charge >= 0.3 is 5.97 Å². The summed E-state index contributed by atoms with van der Waals surface area (Å²) in [5.74, 6) is -0.0615. The average molecular weight is 354 g/mol. The van der Waals surface area contributed by atoms with E-state index in [9.17, 15) is 14.7 Å². The lowest BCUT2D eigenvalue weighted by atomic mass is 9.99. The Morgan fingerprint density at radius 1 is 1.41 bits per heavy atom. The van der Waals surface area contributed by atoms with E-state index in [1.807, 2.05) is 22.9 Å². The standard InChI is InChI=1S/C14H14N2O3S3/c17-11(16-14(13(18)19)3-5-20-8-14)6-9-7-22-12(15-9)10-2-1-4-21-10/h1-2,4,7H,3,5-6,8H2,(H,16,17)(H,18,19). The first-order valence-corrected chi connectivity index (χ1v) is 9.61. The van der Waals surface area contributed by atoms with Crippen LogP contribution in [0.4, 0.5) is 0 Å². The molecule has 1 atom stereocenters. The predicted octanol–water partition coefficient (Wildman–Crippen LogP) is 2.49. The van der Waals surface area contributed by atoms with Gasteiger partial charge in [0.25, 0.3) is 0 Å². The van der Waals surface area contributed by atoms with Gasteiger partial charge in [-0.05, 0) is 23.6 Å².